The second-order valence-electron chi connectivity index (χ2n) is 3.38. The summed E-state index contributed by atoms with van der Waals surface area (Å²) in [6.07, 6.45) is 1.79. The zero-order valence-corrected chi connectivity index (χ0v) is 10.5. The summed E-state index contributed by atoms with van der Waals surface area (Å²) < 4.78 is 1.01. The second kappa shape index (κ2) is 5.18. The summed E-state index contributed by atoms with van der Waals surface area (Å²) in [6, 6.07) is 9.86. The van der Waals surface area contributed by atoms with Gasteiger partial charge in [0.15, 0.2) is 5.82 Å². The standard InChI is InChI=1S/C12H12BrN3/c1-14-8-9-6-7-15-12(16-9)10-4-2-3-5-11(10)13/h2-7,14H,8H2,1H3. The van der Waals surface area contributed by atoms with E-state index in [1.165, 1.54) is 0 Å². The Bertz CT molecular complexity index is 485. The van der Waals surface area contributed by atoms with Crippen LogP contribution in [0.5, 0.6) is 0 Å². The number of nitrogens with zero attached hydrogens (tertiary/aromatic N) is 2. The minimum absolute atomic E-state index is 0.750. The maximum atomic E-state index is 4.49. The lowest BCUT2D eigenvalue weighted by molar-refractivity contribution is 0.787. The third-order valence-electron chi connectivity index (χ3n) is 2.19. The van der Waals surface area contributed by atoms with Crippen molar-refractivity contribution in [2.45, 2.75) is 6.54 Å². The highest BCUT2D eigenvalue weighted by molar-refractivity contribution is 9.10. The highest BCUT2D eigenvalue weighted by atomic mass is 79.9. The van der Waals surface area contributed by atoms with Gasteiger partial charge < -0.3 is 5.32 Å². The van der Waals surface area contributed by atoms with Crippen LogP contribution >= 0.6 is 15.9 Å². The van der Waals surface area contributed by atoms with Crippen LogP contribution in [0.4, 0.5) is 0 Å². The molecular formula is C12H12BrN3. The molecule has 2 aromatic rings. The van der Waals surface area contributed by atoms with Gasteiger partial charge in [0.2, 0.25) is 0 Å². The summed E-state index contributed by atoms with van der Waals surface area (Å²) >= 11 is 3.50. The smallest absolute Gasteiger partial charge is 0.160 e. The van der Waals surface area contributed by atoms with Crippen molar-refractivity contribution in [3.8, 4) is 11.4 Å². The number of nitrogens with one attached hydrogen (secondary N) is 1. The fraction of sp³-hybridized carbons (Fsp3) is 0.167. The highest BCUT2D eigenvalue weighted by Gasteiger charge is 2.05. The van der Waals surface area contributed by atoms with Crippen molar-refractivity contribution >= 4 is 15.9 Å². The predicted molar refractivity (Wildman–Crippen MR) is 67.9 cm³/mol. The molecule has 0 saturated carbocycles. The Morgan fingerprint density at radius 2 is 2.06 bits per heavy atom. The molecule has 1 aromatic carbocycles. The van der Waals surface area contributed by atoms with E-state index in [4.69, 9.17) is 0 Å². The van der Waals surface area contributed by atoms with E-state index in [9.17, 15) is 0 Å². The third kappa shape index (κ3) is 2.46. The minimum Gasteiger partial charge on any atom is -0.314 e. The molecule has 4 heteroatoms. The van der Waals surface area contributed by atoms with Gasteiger partial charge in [-0.15, -0.1) is 0 Å². The van der Waals surface area contributed by atoms with E-state index < -0.39 is 0 Å². The number of rotatable bonds is 3. The Balaban J connectivity index is 2.40. The van der Waals surface area contributed by atoms with Crippen LogP contribution in [0.3, 0.4) is 0 Å². The molecule has 3 nitrogen and oxygen atoms in total. The molecule has 0 bridgehead atoms. The van der Waals surface area contributed by atoms with Crippen molar-refractivity contribution in [2.75, 3.05) is 7.05 Å². The van der Waals surface area contributed by atoms with Gasteiger partial charge in [-0.3, -0.25) is 0 Å². The molecule has 0 aliphatic carbocycles. The lowest BCUT2D eigenvalue weighted by atomic mass is 10.2. The molecule has 0 radical (unpaired) electrons. The minimum atomic E-state index is 0.750. The highest BCUT2D eigenvalue weighted by Crippen LogP contribution is 2.24. The molecular weight excluding hydrogens is 266 g/mol. The van der Waals surface area contributed by atoms with Crippen LogP contribution in [0.2, 0.25) is 0 Å². The van der Waals surface area contributed by atoms with Crippen molar-refractivity contribution in [1.29, 1.82) is 0 Å². The summed E-state index contributed by atoms with van der Waals surface area (Å²) in [5.74, 6) is 0.750. The predicted octanol–water partition coefficient (Wildman–Crippen LogP) is 2.63. The van der Waals surface area contributed by atoms with Gasteiger partial charge in [-0.25, -0.2) is 9.97 Å². The molecule has 2 rings (SSSR count). The average Bonchev–Trinajstić information content (AvgIpc) is 2.30. The van der Waals surface area contributed by atoms with Crippen molar-refractivity contribution in [2.24, 2.45) is 0 Å². The topological polar surface area (TPSA) is 37.8 Å². The van der Waals surface area contributed by atoms with E-state index in [2.05, 4.69) is 31.2 Å². The molecule has 0 aliphatic heterocycles. The Hall–Kier alpha value is -1.26. The molecule has 1 aromatic heterocycles. The number of aromatic nitrogens is 2. The van der Waals surface area contributed by atoms with Crippen LogP contribution < -0.4 is 5.32 Å². The lowest BCUT2D eigenvalue weighted by Gasteiger charge is -2.04. The van der Waals surface area contributed by atoms with Crippen LogP contribution in [0.15, 0.2) is 41.0 Å². The molecule has 0 atom stereocenters. The van der Waals surface area contributed by atoms with E-state index >= 15 is 0 Å². The first-order valence-electron chi connectivity index (χ1n) is 5.02. The Morgan fingerprint density at radius 1 is 1.25 bits per heavy atom. The van der Waals surface area contributed by atoms with Crippen molar-refractivity contribution in [3.05, 3.63) is 46.7 Å². The number of halogens is 1. The van der Waals surface area contributed by atoms with Crippen molar-refractivity contribution in [3.63, 3.8) is 0 Å². The molecule has 82 valence electrons. The van der Waals surface area contributed by atoms with Crippen LogP contribution in [0.25, 0.3) is 11.4 Å². The molecule has 0 spiro atoms. The van der Waals surface area contributed by atoms with Crippen LogP contribution in [0, 0.1) is 0 Å². The molecule has 0 saturated heterocycles. The summed E-state index contributed by atoms with van der Waals surface area (Å²) in [5.41, 5.74) is 2.00. The van der Waals surface area contributed by atoms with Gasteiger partial charge in [-0.1, -0.05) is 34.1 Å². The van der Waals surface area contributed by atoms with Crippen LogP contribution in [-0.2, 0) is 6.54 Å². The van der Waals surface area contributed by atoms with Gasteiger partial charge in [-0.05, 0) is 19.2 Å². The van der Waals surface area contributed by atoms with Gasteiger partial charge in [0.25, 0.3) is 0 Å². The zero-order valence-electron chi connectivity index (χ0n) is 8.94. The maximum Gasteiger partial charge on any atom is 0.160 e. The Kier molecular flexibility index (Phi) is 3.64. The number of hydrogen-bond acceptors (Lipinski definition) is 3. The van der Waals surface area contributed by atoms with Gasteiger partial charge in [-0.2, -0.15) is 0 Å². The van der Waals surface area contributed by atoms with E-state index in [0.29, 0.717) is 0 Å². The summed E-state index contributed by atoms with van der Waals surface area (Å²) in [6.45, 7) is 0.750. The second-order valence-corrected chi connectivity index (χ2v) is 4.24. The van der Waals surface area contributed by atoms with Crippen molar-refractivity contribution < 1.29 is 0 Å². The first kappa shape index (κ1) is 11.2. The monoisotopic (exact) mass is 277 g/mol. The largest absolute Gasteiger partial charge is 0.314 e. The fourth-order valence-electron chi connectivity index (χ4n) is 1.45. The summed E-state index contributed by atoms with van der Waals surface area (Å²) in [4.78, 5) is 8.77. The van der Waals surface area contributed by atoms with Gasteiger partial charge in [0, 0.05) is 22.8 Å². The quantitative estimate of drug-likeness (QED) is 0.937. The molecule has 0 fully saturated rings. The van der Waals surface area contributed by atoms with E-state index in [1.54, 1.807) is 6.20 Å². The van der Waals surface area contributed by atoms with Gasteiger partial charge >= 0.3 is 0 Å². The SMILES string of the molecule is CNCc1ccnc(-c2ccccc2Br)n1. The summed E-state index contributed by atoms with van der Waals surface area (Å²) in [5, 5.41) is 3.08. The summed E-state index contributed by atoms with van der Waals surface area (Å²) in [7, 11) is 1.90. The van der Waals surface area contributed by atoms with E-state index in [1.807, 2.05) is 37.4 Å². The molecule has 1 N–H and O–H groups in total. The Labute approximate surface area is 103 Å². The third-order valence-corrected chi connectivity index (χ3v) is 2.88. The van der Waals surface area contributed by atoms with E-state index in [0.717, 1.165) is 28.1 Å². The van der Waals surface area contributed by atoms with Crippen LogP contribution in [0.1, 0.15) is 5.69 Å². The van der Waals surface area contributed by atoms with Gasteiger partial charge in [0.05, 0.1) is 5.69 Å². The van der Waals surface area contributed by atoms with Crippen LogP contribution in [-0.4, -0.2) is 17.0 Å². The van der Waals surface area contributed by atoms with E-state index in [-0.39, 0.29) is 0 Å². The first-order valence-corrected chi connectivity index (χ1v) is 5.82. The number of benzene rings is 1. The normalized spacial score (nSPS) is 10.4. The number of hydrogen-bond donors (Lipinski definition) is 1. The molecule has 0 aliphatic rings. The molecule has 0 amide bonds. The average molecular weight is 278 g/mol. The molecule has 16 heavy (non-hydrogen) atoms. The maximum absolute atomic E-state index is 4.49. The Morgan fingerprint density at radius 3 is 2.81 bits per heavy atom. The van der Waals surface area contributed by atoms with Gasteiger partial charge in [0.1, 0.15) is 0 Å². The molecule has 1 heterocycles. The molecule has 0 unspecified atom stereocenters. The van der Waals surface area contributed by atoms with Crippen molar-refractivity contribution in [1.82, 2.24) is 15.3 Å². The lowest BCUT2D eigenvalue weighted by Crippen LogP contribution is -2.07. The zero-order chi connectivity index (χ0) is 11.4. The first-order chi connectivity index (χ1) is 7.81. The fourth-order valence-corrected chi connectivity index (χ4v) is 1.91.